The summed E-state index contributed by atoms with van der Waals surface area (Å²) in [5.41, 5.74) is 1.71. The van der Waals surface area contributed by atoms with Gasteiger partial charge in [-0.25, -0.2) is 0 Å². The van der Waals surface area contributed by atoms with Crippen LogP contribution in [0.1, 0.15) is 11.7 Å². The average Bonchev–Trinajstić information content (AvgIpc) is 2.46. The number of methoxy groups -OCH3 is 1. The number of aliphatic hydroxyl groups is 1. The number of nitrogens with one attached hydrogen (secondary N) is 1. The molecule has 1 aromatic heterocycles. The van der Waals surface area contributed by atoms with Crippen LogP contribution in [0.5, 0.6) is 5.75 Å². The molecule has 1 unspecified atom stereocenters. The minimum Gasteiger partial charge on any atom is -0.495 e. The highest BCUT2D eigenvalue weighted by atomic mass is 16.5. The van der Waals surface area contributed by atoms with Gasteiger partial charge in [0, 0.05) is 18.9 Å². The zero-order valence-electron chi connectivity index (χ0n) is 10.2. The number of pyridine rings is 1. The molecule has 0 radical (unpaired) electrons. The molecule has 1 atom stereocenters. The molecule has 2 rings (SSSR count). The van der Waals surface area contributed by atoms with Crippen molar-refractivity contribution in [1.29, 1.82) is 0 Å². The summed E-state index contributed by atoms with van der Waals surface area (Å²) in [5.74, 6) is 0.763. The Hall–Kier alpha value is -2.07. The Kier molecular flexibility index (Phi) is 4.15. The van der Waals surface area contributed by atoms with E-state index in [9.17, 15) is 5.11 Å². The number of para-hydroxylation sites is 2. The number of aliphatic hydroxyl groups excluding tert-OH is 1. The smallest absolute Gasteiger partial charge is 0.141 e. The molecule has 0 aliphatic heterocycles. The van der Waals surface area contributed by atoms with Gasteiger partial charge >= 0.3 is 0 Å². The van der Waals surface area contributed by atoms with Crippen molar-refractivity contribution in [2.75, 3.05) is 19.0 Å². The first kappa shape index (κ1) is 12.4. The molecular weight excluding hydrogens is 228 g/mol. The Morgan fingerprint density at radius 2 is 1.94 bits per heavy atom. The number of nitrogens with zero attached hydrogens (tertiary/aromatic N) is 1. The molecule has 2 N–H and O–H groups in total. The highest BCUT2D eigenvalue weighted by Crippen LogP contribution is 2.24. The summed E-state index contributed by atoms with van der Waals surface area (Å²) in [6.45, 7) is 0.421. The van der Waals surface area contributed by atoms with Crippen LogP contribution in [0.3, 0.4) is 0 Å². The van der Waals surface area contributed by atoms with Crippen molar-refractivity contribution in [3.05, 3.63) is 54.4 Å². The molecular formula is C14H16N2O2. The lowest BCUT2D eigenvalue weighted by atomic mass is 10.1. The number of ether oxygens (including phenoxy) is 1. The van der Waals surface area contributed by atoms with E-state index in [1.165, 1.54) is 0 Å². The van der Waals surface area contributed by atoms with Crippen LogP contribution in [0.15, 0.2) is 48.8 Å². The topological polar surface area (TPSA) is 54.4 Å². The average molecular weight is 244 g/mol. The fraction of sp³-hybridized carbons (Fsp3) is 0.214. The SMILES string of the molecule is COc1ccccc1NCC(O)c1ccncc1. The fourth-order valence-electron chi connectivity index (χ4n) is 1.70. The predicted octanol–water partition coefficient (Wildman–Crippen LogP) is 2.24. The van der Waals surface area contributed by atoms with Gasteiger partial charge in [-0.15, -0.1) is 0 Å². The van der Waals surface area contributed by atoms with Gasteiger partial charge in [-0.2, -0.15) is 0 Å². The molecule has 0 aliphatic rings. The number of hydrogen-bond donors (Lipinski definition) is 2. The largest absolute Gasteiger partial charge is 0.495 e. The second kappa shape index (κ2) is 6.02. The monoisotopic (exact) mass is 244 g/mol. The minimum absolute atomic E-state index is 0.421. The molecule has 1 heterocycles. The summed E-state index contributed by atoms with van der Waals surface area (Å²) in [5, 5.41) is 13.2. The van der Waals surface area contributed by atoms with E-state index >= 15 is 0 Å². The van der Waals surface area contributed by atoms with E-state index in [1.54, 1.807) is 31.6 Å². The van der Waals surface area contributed by atoms with Crippen LogP contribution in [-0.2, 0) is 0 Å². The van der Waals surface area contributed by atoms with Gasteiger partial charge in [0.2, 0.25) is 0 Å². The first-order chi connectivity index (χ1) is 8.81. The van der Waals surface area contributed by atoms with Crippen molar-refractivity contribution in [3.8, 4) is 5.75 Å². The third kappa shape index (κ3) is 2.99. The molecule has 0 amide bonds. The Labute approximate surface area is 106 Å². The van der Waals surface area contributed by atoms with Crippen LogP contribution in [0.2, 0.25) is 0 Å². The predicted molar refractivity (Wildman–Crippen MR) is 70.7 cm³/mol. The number of hydrogen-bond acceptors (Lipinski definition) is 4. The van der Waals surface area contributed by atoms with E-state index in [-0.39, 0.29) is 0 Å². The molecule has 0 bridgehead atoms. The highest BCUT2D eigenvalue weighted by Gasteiger charge is 2.08. The van der Waals surface area contributed by atoms with Crippen molar-refractivity contribution >= 4 is 5.69 Å². The fourth-order valence-corrected chi connectivity index (χ4v) is 1.70. The third-order valence-electron chi connectivity index (χ3n) is 2.68. The lowest BCUT2D eigenvalue weighted by molar-refractivity contribution is 0.191. The molecule has 2 aromatic rings. The van der Waals surface area contributed by atoms with E-state index in [2.05, 4.69) is 10.3 Å². The van der Waals surface area contributed by atoms with Gasteiger partial charge in [-0.05, 0) is 29.8 Å². The van der Waals surface area contributed by atoms with Gasteiger partial charge in [-0.3, -0.25) is 4.98 Å². The zero-order chi connectivity index (χ0) is 12.8. The van der Waals surface area contributed by atoms with Crippen molar-refractivity contribution in [1.82, 2.24) is 4.98 Å². The van der Waals surface area contributed by atoms with Crippen LogP contribution in [0.25, 0.3) is 0 Å². The summed E-state index contributed by atoms with van der Waals surface area (Å²) in [4.78, 5) is 3.92. The van der Waals surface area contributed by atoms with E-state index in [0.29, 0.717) is 6.54 Å². The zero-order valence-corrected chi connectivity index (χ0v) is 10.2. The summed E-state index contributed by atoms with van der Waals surface area (Å²) in [7, 11) is 1.62. The summed E-state index contributed by atoms with van der Waals surface area (Å²) < 4.78 is 5.23. The Morgan fingerprint density at radius 1 is 1.22 bits per heavy atom. The van der Waals surface area contributed by atoms with Crippen LogP contribution < -0.4 is 10.1 Å². The second-order valence-electron chi connectivity index (χ2n) is 3.88. The molecule has 4 nitrogen and oxygen atoms in total. The van der Waals surface area contributed by atoms with Crippen LogP contribution in [-0.4, -0.2) is 23.7 Å². The van der Waals surface area contributed by atoms with Gasteiger partial charge < -0.3 is 15.2 Å². The van der Waals surface area contributed by atoms with Crippen molar-refractivity contribution in [2.45, 2.75) is 6.10 Å². The molecule has 1 aromatic carbocycles. The molecule has 18 heavy (non-hydrogen) atoms. The van der Waals surface area contributed by atoms with E-state index < -0.39 is 6.10 Å². The number of benzene rings is 1. The third-order valence-corrected chi connectivity index (χ3v) is 2.68. The number of rotatable bonds is 5. The van der Waals surface area contributed by atoms with Crippen LogP contribution in [0, 0.1) is 0 Å². The standard InChI is InChI=1S/C14H16N2O2/c1-18-14-5-3-2-4-12(14)16-10-13(17)11-6-8-15-9-7-11/h2-9,13,16-17H,10H2,1H3. The summed E-state index contributed by atoms with van der Waals surface area (Å²) in [6.07, 6.45) is 2.77. The van der Waals surface area contributed by atoms with Crippen LogP contribution in [0.4, 0.5) is 5.69 Å². The first-order valence-corrected chi connectivity index (χ1v) is 5.76. The first-order valence-electron chi connectivity index (χ1n) is 5.76. The second-order valence-corrected chi connectivity index (χ2v) is 3.88. The van der Waals surface area contributed by atoms with Crippen molar-refractivity contribution in [3.63, 3.8) is 0 Å². The van der Waals surface area contributed by atoms with Gasteiger partial charge in [0.1, 0.15) is 5.75 Å². The lowest BCUT2D eigenvalue weighted by Gasteiger charge is -2.14. The maximum absolute atomic E-state index is 10.0. The van der Waals surface area contributed by atoms with Gasteiger partial charge in [0.25, 0.3) is 0 Å². The van der Waals surface area contributed by atoms with Crippen molar-refractivity contribution in [2.24, 2.45) is 0 Å². The maximum Gasteiger partial charge on any atom is 0.141 e. The van der Waals surface area contributed by atoms with Gasteiger partial charge in [0.05, 0.1) is 18.9 Å². The maximum atomic E-state index is 10.0. The molecule has 0 fully saturated rings. The lowest BCUT2D eigenvalue weighted by Crippen LogP contribution is -2.12. The molecule has 0 spiro atoms. The molecule has 94 valence electrons. The molecule has 4 heteroatoms. The Bertz CT molecular complexity index is 488. The van der Waals surface area contributed by atoms with Gasteiger partial charge in [-0.1, -0.05) is 12.1 Å². The van der Waals surface area contributed by atoms with E-state index in [4.69, 9.17) is 4.74 Å². The molecule has 0 aliphatic carbocycles. The number of anilines is 1. The van der Waals surface area contributed by atoms with Gasteiger partial charge in [0.15, 0.2) is 0 Å². The van der Waals surface area contributed by atoms with Crippen LogP contribution >= 0.6 is 0 Å². The Morgan fingerprint density at radius 3 is 2.67 bits per heavy atom. The number of aromatic nitrogens is 1. The quantitative estimate of drug-likeness (QED) is 0.847. The minimum atomic E-state index is -0.571. The molecule has 0 saturated heterocycles. The Balaban J connectivity index is 1.99. The van der Waals surface area contributed by atoms with E-state index in [1.807, 2.05) is 24.3 Å². The molecule has 0 saturated carbocycles. The van der Waals surface area contributed by atoms with Crippen molar-refractivity contribution < 1.29 is 9.84 Å². The summed E-state index contributed by atoms with van der Waals surface area (Å²) >= 11 is 0. The highest BCUT2D eigenvalue weighted by molar-refractivity contribution is 5.56. The normalized spacial score (nSPS) is 11.9. The summed E-state index contributed by atoms with van der Waals surface area (Å²) in [6, 6.07) is 11.2. The van der Waals surface area contributed by atoms with E-state index in [0.717, 1.165) is 17.0 Å².